The molecular weight excluding hydrogens is 441 g/mol. The highest BCUT2D eigenvalue weighted by Crippen LogP contribution is 2.39. The van der Waals surface area contributed by atoms with E-state index in [1.165, 1.54) is 6.07 Å². The molecule has 0 unspecified atom stereocenters. The van der Waals surface area contributed by atoms with Crippen molar-refractivity contribution in [3.05, 3.63) is 56.6 Å². The van der Waals surface area contributed by atoms with E-state index in [9.17, 15) is 19.1 Å². The van der Waals surface area contributed by atoms with Crippen LogP contribution >= 0.6 is 0 Å². The molecule has 176 valence electrons. The Hall–Kier alpha value is -3.30. The number of hydrogen-bond acceptors (Lipinski definition) is 7. The topological polar surface area (TPSA) is 93.9 Å². The van der Waals surface area contributed by atoms with Crippen molar-refractivity contribution in [3.8, 4) is 17.1 Å². The number of carbonyl (C=O) groups excluding carboxylic acids is 1. The zero-order chi connectivity index (χ0) is 23.6. The second-order valence-corrected chi connectivity index (χ2v) is 9.26. The Balaban J connectivity index is 1.53. The van der Waals surface area contributed by atoms with E-state index in [4.69, 9.17) is 14.5 Å². The summed E-state index contributed by atoms with van der Waals surface area (Å²) >= 11 is 0. The second-order valence-electron chi connectivity index (χ2n) is 9.26. The number of nitrogens with zero attached hydrogens (tertiary/aromatic N) is 3. The van der Waals surface area contributed by atoms with Crippen molar-refractivity contribution in [2.75, 3.05) is 19.7 Å². The molecule has 0 bridgehead atoms. The number of hydrogen-bond donors (Lipinski definition) is 1. The van der Waals surface area contributed by atoms with Crippen LogP contribution in [-0.2, 0) is 29.2 Å². The van der Waals surface area contributed by atoms with Gasteiger partial charge in [0.1, 0.15) is 18.2 Å². The Morgan fingerprint density at radius 2 is 1.91 bits per heavy atom. The summed E-state index contributed by atoms with van der Waals surface area (Å²) in [5.74, 6) is -0.535. The minimum atomic E-state index is -0.523. The van der Waals surface area contributed by atoms with Gasteiger partial charge in [-0.3, -0.25) is 9.69 Å². The summed E-state index contributed by atoms with van der Waals surface area (Å²) in [4.78, 5) is 32.1. The highest BCUT2D eigenvalue weighted by atomic mass is 19.1. The normalized spacial score (nSPS) is 18.1. The lowest BCUT2D eigenvalue weighted by atomic mass is 9.97. The predicted octanol–water partition coefficient (Wildman–Crippen LogP) is 2.27. The van der Waals surface area contributed by atoms with Crippen LogP contribution in [0.5, 0.6) is 5.75 Å². The van der Waals surface area contributed by atoms with E-state index >= 15 is 0 Å². The fourth-order valence-corrected chi connectivity index (χ4v) is 5.13. The van der Waals surface area contributed by atoms with E-state index in [0.29, 0.717) is 59.7 Å². The molecule has 8 nitrogen and oxygen atoms in total. The molecule has 3 aliphatic heterocycles. The highest BCUT2D eigenvalue weighted by Gasteiger charge is 2.31. The lowest BCUT2D eigenvalue weighted by Gasteiger charge is -2.30. The average molecular weight is 465 g/mol. The third-order valence-electron chi connectivity index (χ3n) is 7.06. The van der Waals surface area contributed by atoms with Gasteiger partial charge in [0.15, 0.2) is 6.61 Å². The number of halogens is 1. The van der Waals surface area contributed by atoms with Crippen LogP contribution in [0.3, 0.4) is 0 Å². The Kier molecular flexibility index (Phi) is 4.93. The number of fused-ring (bicyclic) bond motifs is 5. The van der Waals surface area contributed by atoms with Crippen molar-refractivity contribution in [2.24, 2.45) is 0 Å². The maximum Gasteiger partial charge on any atom is 0.344 e. The zero-order valence-corrected chi connectivity index (χ0v) is 18.8. The van der Waals surface area contributed by atoms with Crippen molar-refractivity contribution < 1.29 is 23.8 Å². The van der Waals surface area contributed by atoms with Gasteiger partial charge in [-0.05, 0) is 37.0 Å². The van der Waals surface area contributed by atoms with Gasteiger partial charge in [-0.1, -0.05) is 0 Å². The number of aliphatic hydroxyl groups is 1. The maximum atomic E-state index is 14.5. The number of ether oxygens (including phenoxy) is 2. The molecule has 6 rings (SSSR count). The molecule has 5 heterocycles. The Bertz CT molecular complexity index is 1410. The molecule has 0 amide bonds. The zero-order valence-electron chi connectivity index (χ0n) is 18.8. The fraction of sp³-hybridized carbons (Fsp3) is 0.400. The lowest BCUT2D eigenvalue weighted by Crippen LogP contribution is -2.35. The molecule has 34 heavy (non-hydrogen) atoms. The van der Waals surface area contributed by atoms with Gasteiger partial charge in [0.05, 0.1) is 35.1 Å². The van der Waals surface area contributed by atoms with Crippen molar-refractivity contribution in [1.82, 2.24) is 14.5 Å². The molecule has 0 radical (unpaired) electrons. The van der Waals surface area contributed by atoms with Crippen LogP contribution in [0.25, 0.3) is 22.3 Å². The largest absolute Gasteiger partial charge is 0.481 e. The van der Waals surface area contributed by atoms with Crippen LogP contribution in [-0.4, -0.2) is 51.3 Å². The van der Waals surface area contributed by atoms with Crippen LogP contribution in [0.2, 0.25) is 0 Å². The second kappa shape index (κ2) is 7.89. The number of esters is 1. The summed E-state index contributed by atoms with van der Waals surface area (Å²) in [6.07, 6.45) is 1.14. The van der Waals surface area contributed by atoms with E-state index in [2.05, 4.69) is 4.90 Å². The first-order valence-electron chi connectivity index (χ1n) is 11.5. The molecule has 0 atom stereocenters. The minimum Gasteiger partial charge on any atom is -0.481 e. The van der Waals surface area contributed by atoms with Gasteiger partial charge >= 0.3 is 5.97 Å². The Morgan fingerprint density at radius 1 is 1.12 bits per heavy atom. The van der Waals surface area contributed by atoms with Crippen molar-refractivity contribution >= 4 is 16.9 Å². The number of cyclic esters (lactones) is 1. The smallest absolute Gasteiger partial charge is 0.344 e. The number of benzene rings is 1. The quantitative estimate of drug-likeness (QED) is 0.454. The number of aromatic nitrogens is 2. The van der Waals surface area contributed by atoms with Gasteiger partial charge in [0.2, 0.25) is 0 Å². The molecule has 9 heteroatoms. The van der Waals surface area contributed by atoms with Crippen LogP contribution in [0.1, 0.15) is 35.1 Å². The number of rotatable bonds is 2. The standard InChI is InChI=1S/C25H24FN3O5/c1-13-6-15-16(9-28-4-2-14(30)3-5-28)17-10-29-21(24(17)27-20(15)7-19(13)26)8-22-18(25(29)32)11-34-23(31)12-33-22/h6-8,14,30H,2-5,9-12H2,1H3. The molecule has 3 aliphatic rings. The van der Waals surface area contributed by atoms with Gasteiger partial charge in [-0.25, -0.2) is 14.2 Å². The van der Waals surface area contributed by atoms with E-state index in [-0.39, 0.29) is 30.7 Å². The predicted molar refractivity (Wildman–Crippen MR) is 121 cm³/mol. The summed E-state index contributed by atoms with van der Waals surface area (Å²) < 4.78 is 26.8. The van der Waals surface area contributed by atoms with E-state index < -0.39 is 5.97 Å². The van der Waals surface area contributed by atoms with E-state index in [1.54, 1.807) is 17.6 Å². The molecule has 0 spiro atoms. The van der Waals surface area contributed by atoms with Crippen molar-refractivity contribution in [2.45, 2.75) is 45.6 Å². The van der Waals surface area contributed by atoms with Gasteiger partial charge < -0.3 is 19.1 Å². The molecule has 0 aliphatic carbocycles. The van der Waals surface area contributed by atoms with Crippen LogP contribution in [0.4, 0.5) is 4.39 Å². The fourth-order valence-electron chi connectivity index (χ4n) is 5.13. The molecule has 1 aromatic carbocycles. The van der Waals surface area contributed by atoms with Gasteiger partial charge in [-0.2, -0.15) is 0 Å². The summed E-state index contributed by atoms with van der Waals surface area (Å²) in [6.45, 7) is 3.82. The number of aryl methyl sites for hydroxylation is 1. The summed E-state index contributed by atoms with van der Waals surface area (Å²) in [5, 5.41) is 10.8. The first-order chi connectivity index (χ1) is 16.4. The number of piperidine rings is 1. The monoisotopic (exact) mass is 465 g/mol. The molecular formula is C25H24FN3O5. The number of aliphatic hydroxyl groups excluding tert-OH is 1. The maximum absolute atomic E-state index is 14.5. The number of pyridine rings is 2. The van der Waals surface area contributed by atoms with E-state index in [1.807, 2.05) is 6.07 Å². The summed E-state index contributed by atoms with van der Waals surface area (Å²) in [6, 6.07) is 5.01. The summed E-state index contributed by atoms with van der Waals surface area (Å²) in [5.41, 5.74) is 4.26. The summed E-state index contributed by atoms with van der Waals surface area (Å²) in [7, 11) is 0. The molecule has 1 saturated heterocycles. The van der Waals surface area contributed by atoms with Gasteiger partial charge in [0, 0.05) is 42.7 Å². The molecule has 1 fully saturated rings. The van der Waals surface area contributed by atoms with E-state index in [0.717, 1.165) is 29.6 Å². The third-order valence-corrected chi connectivity index (χ3v) is 7.06. The van der Waals surface area contributed by atoms with Crippen LogP contribution in [0.15, 0.2) is 23.0 Å². The molecule has 1 N–H and O–H groups in total. The first kappa shape index (κ1) is 21.2. The van der Waals surface area contributed by atoms with Gasteiger partial charge in [-0.15, -0.1) is 0 Å². The number of likely N-dealkylation sites (tertiary alicyclic amines) is 1. The van der Waals surface area contributed by atoms with Gasteiger partial charge in [0.25, 0.3) is 5.56 Å². The first-order valence-corrected chi connectivity index (χ1v) is 11.5. The minimum absolute atomic E-state index is 0.133. The Labute approximate surface area is 194 Å². The van der Waals surface area contributed by atoms with Crippen LogP contribution < -0.4 is 10.3 Å². The molecule has 2 aromatic heterocycles. The third kappa shape index (κ3) is 3.38. The average Bonchev–Trinajstić information content (AvgIpc) is 3.06. The van der Waals surface area contributed by atoms with Crippen LogP contribution in [0, 0.1) is 12.7 Å². The number of carbonyl (C=O) groups is 1. The molecule has 0 saturated carbocycles. The van der Waals surface area contributed by atoms with Crippen molar-refractivity contribution in [1.29, 1.82) is 0 Å². The molecule has 3 aromatic rings. The lowest BCUT2D eigenvalue weighted by molar-refractivity contribution is -0.146. The Morgan fingerprint density at radius 3 is 2.71 bits per heavy atom. The SMILES string of the molecule is Cc1cc2c(CN3CCC(O)CC3)c3c(nc2cc1F)-c1cc2c(c(=O)n1C3)COC(=O)CO2. The highest BCUT2D eigenvalue weighted by molar-refractivity contribution is 5.88. The van der Waals surface area contributed by atoms with Crippen molar-refractivity contribution in [3.63, 3.8) is 0 Å².